The van der Waals surface area contributed by atoms with Gasteiger partial charge < -0.3 is 4.74 Å². The van der Waals surface area contributed by atoms with Gasteiger partial charge in [0.25, 0.3) is 0 Å². The maximum atomic E-state index is 12.6. The molecule has 5 heteroatoms. The molecule has 0 fully saturated rings. The van der Waals surface area contributed by atoms with Crippen molar-refractivity contribution in [3.8, 4) is 0 Å². The number of cyclic esters (lactones) is 1. The molecule has 0 aliphatic carbocycles. The van der Waals surface area contributed by atoms with Gasteiger partial charge >= 0.3 is 5.97 Å². The van der Waals surface area contributed by atoms with Gasteiger partial charge in [0.05, 0.1) is 5.52 Å². The van der Waals surface area contributed by atoms with Crippen LogP contribution in [0.4, 0.5) is 0 Å². The molecule has 156 valence electrons. The third-order valence-electron chi connectivity index (χ3n) is 5.21. The van der Waals surface area contributed by atoms with Gasteiger partial charge in [-0.3, -0.25) is 0 Å². The van der Waals surface area contributed by atoms with Gasteiger partial charge in [0.15, 0.2) is 5.70 Å². The summed E-state index contributed by atoms with van der Waals surface area (Å²) in [6.07, 6.45) is 1.77. The van der Waals surface area contributed by atoms with Gasteiger partial charge in [-0.1, -0.05) is 65.9 Å². The van der Waals surface area contributed by atoms with Crippen molar-refractivity contribution in [2.75, 3.05) is 0 Å². The zero-order valence-electron chi connectivity index (χ0n) is 17.7. The van der Waals surface area contributed by atoms with Crippen LogP contribution in [0.5, 0.6) is 0 Å². The molecule has 0 bridgehead atoms. The molecule has 0 atom stereocenters. The first-order valence-electron chi connectivity index (χ1n) is 10.3. The van der Waals surface area contributed by atoms with Crippen LogP contribution in [-0.4, -0.2) is 16.9 Å². The maximum Gasteiger partial charge on any atom is 0.363 e. The van der Waals surface area contributed by atoms with Crippen molar-refractivity contribution in [3.05, 3.63) is 107 Å². The van der Waals surface area contributed by atoms with Gasteiger partial charge in [-0.2, -0.15) is 0 Å². The van der Waals surface area contributed by atoms with Crippen LogP contribution >= 0.6 is 11.8 Å². The highest BCUT2D eigenvalue weighted by molar-refractivity contribution is 7.99. The Balaban J connectivity index is 1.60. The first-order chi connectivity index (χ1) is 15.6. The second kappa shape index (κ2) is 8.44. The number of pyridine rings is 1. The van der Waals surface area contributed by atoms with Gasteiger partial charge in [-0.05, 0) is 55.8 Å². The summed E-state index contributed by atoms with van der Waals surface area (Å²) in [5.41, 5.74) is 5.07. The number of esters is 1. The molecular weight excluding hydrogens is 416 g/mol. The Morgan fingerprint density at radius 3 is 2.47 bits per heavy atom. The Morgan fingerprint density at radius 2 is 1.69 bits per heavy atom. The van der Waals surface area contributed by atoms with Crippen molar-refractivity contribution >= 4 is 40.6 Å². The van der Waals surface area contributed by atoms with Crippen LogP contribution in [0.3, 0.4) is 0 Å². The minimum Gasteiger partial charge on any atom is -0.402 e. The van der Waals surface area contributed by atoms with Gasteiger partial charge in [0.2, 0.25) is 5.90 Å². The first kappa shape index (κ1) is 20.2. The number of hydrogen-bond donors (Lipinski definition) is 0. The molecule has 0 N–H and O–H groups in total. The summed E-state index contributed by atoms with van der Waals surface area (Å²) in [6, 6.07) is 26.0. The van der Waals surface area contributed by atoms with Crippen molar-refractivity contribution < 1.29 is 9.53 Å². The number of para-hydroxylation sites is 1. The van der Waals surface area contributed by atoms with Crippen LogP contribution in [0, 0.1) is 13.8 Å². The van der Waals surface area contributed by atoms with E-state index in [1.54, 1.807) is 17.8 Å². The lowest BCUT2D eigenvalue weighted by molar-refractivity contribution is -0.129. The highest BCUT2D eigenvalue weighted by Crippen LogP contribution is 2.33. The third kappa shape index (κ3) is 4.07. The third-order valence-corrected chi connectivity index (χ3v) is 6.24. The number of aromatic nitrogens is 1. The normalized spacial score (nSPS) is 14.6. The number of fused-ring (bicyclic) bond motifs is 1. The van der Waals surface area contributed by atoms with Gasteiger partial charge in [0, 0.05) is 21.4 Å². The fraction of sp³-hybridized carbons (Fsp3) is 0.0741. The average molecular weight is 437 g/mol. The van der Waals surface area contributed by atoms with Crippen LogP contribution in [0.25, 0.3) is 17.0 Å². The number of hydrogen-bond acceptors (Lipinski definition) is 5. The summed E-state index contributed by atoms with van der Waals surface area (Å²) < 4.78 is 5.45. The van der Waals surface area contributed by atoms with E-state index >= 15 is 0 Å². The average Bonchev–Trinajstić information content (AvgIpc) is 3.16. The number of ether oxygens (including phenoxy) is 1. The van der Waals surface area contributed by atoms with E-state index < -0.39 is 5.97 Å². The first-order valence-corrected chi connectivity index (χ1v) is 11.1. The van der Waals surface area contributed by atoms with E-state index in [4.69, 9.17) is 9.72 Å². The molecule has 1 aliphatic heterocycles. The molecule has 1 aliphatic rings. The minimum absolute atomic E-state index is 0.268. The molecule has 5 rings (SSSR count). The lowest BCUT2D eigenvalue weighted by Gasteiger charge is -2.09. The molecule has 32 heavy (non-hydrogen) atoms. The second-order valence-electron chi connectivity index (χ2n) is 7.65. The van der Waals surface area contributed by atoms with E-state index in [2.05, 4.69) is 24.0 Å². The Hall–Kier alpha value is -3.70. The lowest BCUT2D eigenvalue weighted by atomic mass is 10.1. The smallest absolute Gasteiger partial charge is 0.363 e. The summed E-state index contributed by atoms with van der Waals surface area (Å²) in [5.74, 6) is -0.135. The fourth-order valence-electron chi connectivity index (χ4n) is 3.51. The van der Waals surface area contributed by atoms with Gasteiger partial charge in [-0.25, -0.2) is 14.8 Å². The monoisotopic (exact) mass is 436 g/mol. The van der Waals surface area contributed by atoms with E-state index in [-0.39, 0.29) is 5.70 Å². The number of aryl methyl sites for hydroxylation is 2. The van der Waals surface area contributed by atoms with Crippen molar-refractivity contribution in [1.29, 1.82) is 0 Å². The number of carbonyl (C=O) groups excluding carboxylic acids is 1. The van der Waals surface area contributed by atoms with Crippen LogP contribution in [-0.2, 0) is 9.53 Å². The maximum absolute atomic E-state index is 12.6. The lowest BCUT2D eigenvalue weighted by Crippen LogP contribution is -2.05. The van der Waals surface area contributed by atoms with Crippen molar-refractivity contribution in [3.63, 3.8) is 0 Å². The van der Waals surface area contributed by atoms with Crippen LogP contribution in [0.15, 0.2) is 99.5 Å². The summed E-state index contributed by atoms with van der Waals surface area (Å²) in [6.45, 7) is 4.06. The highest BCUT2D eigenvalue weighted by Gasteiger charge is 2.24. The fourth-order valence-corrected chi connectivity index (χ4v) is 4.40. The molecule has 0 unspecified atom stereocenters. The van der Waals surface area contributed by atoms with Crippen LogP contribution in [0.1, 0.15) is 22.3 Å². The van der Waals surface area contributed by atoms with Crippen LogP contribution in [0.2, 0.25) is 0 Å². The zero-order chi connectivity index (χ0) is 22.1. The highest BCUT2D eigenvalue weighted by atomic mass is 32.2. The summed E-state index contributed by atoms with van der Waals surface area (Å²) >= 11 is 1.56. The van der Waals surface area contributed by atoms with Crippen molar-refractivity contribution in [1.82, 2.24) is 4.98 Å². The van der Waals surface area contributed by atoms with E-state index in [1.807, 2.05) is 73.7 Å². The molecule has 4 aromatic rings. The molecule has 0 spiro atoms. The summed E-state index contributed by atoms with van der Waals surface area (Å²) in [5, 5.41) is 1.83. The van der Waals surface area contributed by atoms with E-state index in [0.29, 0.717) is 5.90 Å². The predicted molar refractivity (Wildman–Crippen MR) is 129 cm³/mol. The van der Waals surface area contributed by atoms with E-state index in [0.717, 1.165) is 43.1 Å². The van der Waals surface area contributed by atoms with Crippen molar-refractivity contribution in [2.24, 2.45) is 4.99 Å². The summed E-state index contributed by atoms with van der Waals surface area (Å²) in [7, 11) is 0. The van der Waals surface area contributed by atoms with Gasteiger partial charge in [0.1, 0.15) is 5.03 Å². The predicted octanol–water partition coefficient (Wildman–Crippen LogP) is 6.35. The quantitative estimate of drug-likeness (QED) is 0.276. The number of benzene rings is 3. The molecule has 3 aromatic carbocycles. The van der Waals surface area contributed by atoms with Crippen molar-refractivity contribution in [2.45, 2.75) is 23.8 Å². The zero-order valence-corrected chi connectivity index (χ0v) is 18.5. The second-order valence-corrected chi connectivity index (χ2v) is 8.71. The topological polar surface area (TPSA) is 51.5 Å². The number of aliphatic imine (C=N–C) groups is 1. The molecule has 0 saturated heterocycles. The summed E-state index contributed by atoms with van der Waals surface area (Å²) in [4.78, 5) is 23.1. The molecule has 0 saturated carbocycles. The van der Waals surface area contributed by atoms with Crippen LogP contribution < -0.4 is 0 Å². The number of rotatable bonds is 4. The minimum atomic E-state index is -0.458. The van der Waals surface area contributed by atoms with Gasteiger partial charge in [-0.15, -0.1) is 0 Å². The standard InChI is InChI=1S/C27H20N2O2S/c1-17-11-13-19(14-12-17)25-28-23(27(30)31-25)16-21-15-20-8-6-7-18(2)24(20)29-26(21)32-22-9-4-3-5-10-22/h3-16H,1-2H3/b23-16+. The Kier molecular flexibility index (Phi) is 5.33. The van der Waals surface area contributed by atoms with E-state index in [9.17, 15) is 4.79 Å². The number of carbonyl (C=O) groups is 1. The largest absolute Gasteiger partial charge is 0.402 e. The SMILES string of the molecule is Cc1ccc(C2=N/C(=C/c3cc4cccc(C)c4nc3Sc3ccccc3)C(=O)O2)cc1. The number of nitrogens with zero attached hydrogens (tertiary/aromatic N) is 2. The Morgan fingerprint density at radius 1 is 0.906 bits per heavy atom. The molecule has 0 amide bonds. The molecular formula is C27H20N2O2S. The Labute approximate surface area is 190 Å². The Bertz CT molecular complexity index is 1390. The molecule has 4 nitrogen and oxygen atoms in total. The molecule has 2 heterocycles. The van der Waals surface area contributed by atoms with E-state index in [1.165, 1.54) is 0 Å². The molecule has 1 aromatic heterocycles. The molecule has 0 radical (unpaired) electrons.